The lowest BCUT2D eigenvalue weighted by Gasteiger charge is -2.14. The highest BCUT2D eigenvalue weighted by atomic mass is 16.5. The highest BCUT2D eigenvalue weighted by molar-refractivity contribution is 5.80. The molecule has 0 atom stereocenters. The first-order valence-corrected chi connectivity index (χ1v) is 8.01. The minimum atomic E-state index is 0.316. The molecule has 0 spiro atoms. The second-order valence-electron chi connectivity index (χ2n) is 5.51. The van der Waals surface area contributed by atoms with Crippen LogP contribution in [0.3, 0.4) is 0 Å². The molecule has 0 saturated carbocycles. The fraction of sp³-hybridized carbons (Fsp3) is 0.350. The molecule has 0 radical (unpaired) electrons. The third kappa shape index (κ3) is 4.35. The van der Waals surface area contributed by atoms with Crippen LogP contribution in [0.25, 0.3) is 11.1 Å². The molecule has 0 bridgehead atoms. The summed E-state index contributed by atoms with van der Waals surface area (Å²) >= 11 is 0. The first-order valence-electron chi connectivity index (χ1n) is 8.01. The Labute approximate surface area is 138 Å². The second kappa shape index (κ2) is 8.37. The molecule has 23 heavy (non-hydrogen) atoms. The van der Waals surface area contributed by atoms with E-state index in [1.807, 2.05) is 43.3 Å². The van der Waals surface area contributed by atoms with Gasteiger partial charge in [0.05, 0.1) is 14.2 Å². The number of Topliss-reactive ketones (excluding diaryl/α,β-unsaturated/α-hetero) is 1. The molecule has 2 aromatic carbocycles. The number of aryl methyl sites for hydroxylation is 1. The Morgan fingerprint density at radius 1 is 0.957 bits per heavy atom. The normalized spacial score (nSPS) is 10.4. The summed E-state index contributed by atoms with van der Waals surface area (Å²) in [6.45, 7) is 2.03. The number of hydrogen-bond donors (Lipinski definition) is 0. The van der Waals surface area contributed by atoms with Gasteiger partial charge in [-0.3, -0.25) is 4.79 Å². The first kappa shape index (κ1) is 17.1. The summed E-state index contributed by atoms with van der Waals surface area (Å²) in [7, 11) is 3.33. The fourth-order valence-electron chi connectivity index (χ4n) is 2.72. The van der Waals surface area contributed by atoms with Gasteiger partial charge in [0.15, 0.2) is 0 Å². The fourth-order valence-corrected chi connectivity index (χ4v) is 2.72. The van der Waals surface area contributed by atoms with E-state index in [1.54, 1.807) is 14.2 Å². The molecular weight excluding hydrogens is 288 g/mol. The molecule has 0 aliphatic carbocycles. The third-order valence-electron chi connectivity index (χ3n) is 3.91. The predicted molar refractivity (Wildman–Crippen MR) is 93.2 cm³/mol. The van der Waals surface area contributed by atoms with Crippen LogP contribution in [0.2, 0.25) is 0 Å². The van der Waals surface area contributed by atoms with Gasteiger partial charge in [-0.2, -0.15) is 0 Å². The maximum absolute atomic E-state index is 11.9. The zero-order valence-electron chi connectivity index (χ0n) is 14.1. The minimum absolute atomic E-state index is 0.316. The molecule has 0 unspecified atom stereocenters. The quantitative estimate of drug-likeness (QED) is 0.710. The number of ketones is 1. The molecule has 0 amide bonds. The Kier molecular flexibility index (Phi) is 6.21. The molecule has 0 heterocycles. The zero-order chi connectivity index (χ0) is 16.7. The monoisotopic (exact) mass is 312 g/mol. The van der Waals surface area contributed by atoms with Crippen LogP contribution in [0.5, 0.6) is 11.5 Å². The van der Waals surface area contributed by atoms with E-state index in [2.05, 4.69) is 6.07 Å². The molecule has 0 aliphatic heterocycles. The predicted octanol–water partition coefficient (Wildman–Crippen LogP) is 4.67. The highest BCUT2D eigenvalue weighted by Crippen LogP contribution is 2.35. The molecule has 0 aromatic heterocycles. The van der Waals surface area contributed by atoms with Gasteiger partial charge in [0.25, 0.3) is 0 Å². The highest BCUT2D eigenvalue weighted by Gasteiger charge is 2.13. The van der Waals surface area contributed by atoms with Gasteiger partial charge in [0, 0.05) is 18.4 Å². The van der Waals surface area contributed by atoms with Crippen molar-refractivity contribution in [3.8, 4) is 22.6 Å². The summed E-state index contributed by atoms with van der Waals surface area (Å²) in [5.74, 6) is 1.97. The van der Waals surface area contributed by atoms with E-state index in [1.165, 1.54) is 0 Å². The molecule has 122 valence electrons. The number of carbonyl (C=O) groups is 1. The minimum Gasteiger partial charge on any atom is -0.497 e. The van der Waals surface area contributed by atoms with Crippen molar-refractivity contribution in [2.24, 2.45) is 0 Å². The lowest BCUT2D eigenvalue weighted by atomic mass is 9.94. The number of methoxy groups -OCH3 is 2. The van der Waals surface area contributed by atoms with E-state index in [9.17, 15) is 4.79 Å². The summed E-state index contributed by atoms with van der Waals surface area (Å²) in [5, 5.41) is 0. The summed E-state index contributed by atoms with van der Waals surface area (Å²) in [6.07, 6.45) is 2.87. The van der Waals surface area contributed by atoms with Crippen molar-refractivity contribution >= 4 is 5.78 Å². The van der Waals surface area contributed by atoms with Crippen molar-refractivity contribution in [3.63, 3.8) is 0 Å². The van der Waals surface area contributed by atoms with Gasteiger partial charge in [-0.15, -0.1) is 0 Å². The van der Waals surface area contributed by atoms with E-state index < -0.39 is 0 Å². The van der Waals surface area contributed by atoms with Crippen LogP contribution in [-0.2, 0) is 11.2 Å². The molecule has 2 rings (SSSR count). The number of rotatable bonds is 8. The number of ether oxygens (including phenoxy) is 2. The average molecular weight is 312 g/mol. The van der Waals surface area contributed by atoms with Crippen LogP contribution in [0.4, 0.5) is 0 Å². The lowest BCUT2D eigenvalue weighted by molar-refractivity contribution is -0.119. The van der Waals surface area contributed by atoms with E-state index in [-0.39, 0.29) is 0 Å². The Morgan fingerprint density at radius 3 is 2.30 bits per heavy atom. The van der Waals surface area contributed by atoms with Crippen molar-refractivity contribution in [1.29, 1.82) is 0 Å². The van der Waals surface area contributed by atoms with Gasteiger partial charge in [-0.1, -0.05) is 31.2 Å². The third-order valence-corrected chi connectivity index (χ3v) is 3.91. The molecular formula is C20H24O3. The summed E-state index contributed by atoms with van der Waals surface area (Å²) in [4.78, 5) is 11.9. The van der Waals surface area contributed by atoms with Gasteiger partial charge in [0.1, 0.15) is 17.3 Å². The number of benzene rings is 2. The number of hydrogen-bond acceptors (Lipinski definition) is 3. The van der Waals surface area contributed by atoms with Gasteiger partial charge in [-0.25, -0.2) is 0 Å². The molecule has 3 nitrogen and oxygen atoms in total. The second-order valence-corrected chi connectivity index (χ2v) is 5.51. The van der Waals surface area contributed by atoms with Crippen LogP contribution in [-0.4, -0.2) is 20.0 Å². The van der Waals surface area contributed by atoms with Crippen LogP contribution >= 0.6 is 0 Å². The van der Waals surface area contributed by atoms with Crippen LogP contribution < -0.4 is 9.47 Å². The molecule has 3 heteroatoms. The Hall–Kier alpha value is -2.29. The Morgan fingerprint density at radius 2 is 1.70 bits per heavy atom. The molecule has 0 fully saturated rings. The van der Waals surface area contributed by atoms with Gasteiger partial charge < -0.3 is 9.47 Å². The maximum Gasteiger partial charge on any atom is 0.133 e. The van der Waals surface area contributed by atoms with Crippen molar-refractivity contribution < 1.29 is 14.3 Å². The van der Waals surface area contributed by atoms with E-state index in [0.717, 1.165) is 41.0 Å². The van der Waals surface area contributed by atoms with Crippen molar-refractivity contribution in [3.05, 3.63) is 48.0 Å². The van der Waals surface area contributed by atoms with Gasteiger partial charge >= 0.3 is 0 Å². The van der Waals surface area contributed by atoms with E-state index >= 15 is 0 Å². The van der Waals surface area contributed by atoms with Crippen LogP contribution in [0.15, 0.2) is 42.5 Å². The average Bonchev–Trinajstić information content (AvgIpc) is 2.60. The van der Waals surface area contributed by atoms with E-state index in [4.69, 9.17) is 9.47 Å². The van der Waals surface area contributed by atoms with Crippen molar-refractivity contribution in [2.75, 3.05) is 14.2 Å². The van der Waals surface area contributed by atoms with Gasteiger partial charge in [0.2, 0.25) is 0 Å². The first-order chi connectivity index (χ1) is 11.2. The Bertz CT molecular complexity index is 644. The molecule has 2 aromatic rings. The van der Waals surface area contributed by atoms with Crippen LogP contribution in [0, 0.1) is 0 Å². The maximum atomic E-state index is 11.9. The summed E-state index contributed by atoms with van der Waals surface area (Å²) in [6, 6.07) is 13.9. The summed E-state index contributed by atoms with van der Waals surface area (Å²) in [5.41, 5.74) is 3.27. The standard InChI is InChI=1S/C20H24O3/c1-4-6-17(21)12-9-15-7-5-8-19(23-3)20(15)16-10-13-18(22-2)14-11-16/h5,7-8,10-11,13-14H,4,6,9,12H2,1-3H3. The van der Waals surface area contributed by atoms with Gasteiger partial charge in [-0.05, 0) is 42.2 Å². The topological polar surface area (TPSA) is 35.5 Å². The molecule has 0 saturated heterocycles. The SMILES string of the molecule is CCCC(=O)CCc1cccc(OC)c1-c1ccc(OC)cc1. The van der Waals surface area contributed by atoms with Crippen molar-refractivity contribution in [2.45, 2.75) is 32.6 Å². The largest absolute Gasteiger partial charge is 0.497 e. The molecule has 0 aliphatic rings. The zero-order valence-corrected chi connectivity index (χ0v) is 14.1. The van der Waals surface area contributed by atoms with E-state index in [0.29, 0.717) is 18.6 Å². The molecule has 0 N–H and O–H groups in total. The summed E-state index contributed by atoms with van der Waals surface area (Å²) < 4.78 is 10.8. The smallest absolute Gasteiger partial charge is 0.133 e. The van der Waals surface area contributed by atoms with Crippen LogP contribution in [0.1, 0.15) is 31.7 Å². The number of carbonyl (C=O) groups excluding carboxylic acids is 1. The van der Waals surface area contributed by atoms with Crippen molar-refractivity contribution in [1.82, 2.24) is 0 Å². The Balaban J connectivity index is 2.33. The lowest BCUT2D eigenvalue weighted by Crippen LogP contribution is -2.01.